The molecule has 1 aliphatic heterocycles. The second-order valence-electron chi connectivity index (χ2n) is 5.23. The van der Waals surface area contributed by atoms with Crippen LogP contribution in [0, 0.1) is 5.92 Å². The number of carbonyl (C=O) groups excluding carboxylic acids is 1. The van der Waals surface area contributed by atoms with Crippen molar-refractivity contribution in [1.82, 2.24) is 15.3 Å². The first kappa shape index (κ1) is 12.9. The van der Waals surface area contributed by atoms with Gasteiger partial charge in [-0.25, -0.2) is 4.98 Å². The molecule has 2 heterocycles. The van der Waals surface area contributed by atoms with Crippen molar-refractivity contribution in [2.24, 2.45) is 5.92 Å². The van der Waals surface area contributed by atoms with Gasteiger partial charge in [0.15, 0.2) is 0 Å². The van der Waals surface area contributed by atoms with Gasteiger partial charge in [0.25, 0.3) is 0 Å². The van der Waals surface area contributed by atoms with Crippen LogP contribution in [0.1, 0.15) is 13.3 Å². The van der Waals surface area contributed by atoms with Gasteiger partial charge in [0, 0.05) is 5.69 Å². The normalized spacial score (nSPS) is 21.9. The third-order valence-electron chi connectivity index (χ3n) is 3.78. The van der Waals surface area contributed by atoms with Crippen LogP contribution in [-0.4, -0.2) is 28.5 Å². The Balaban J connectivity index is 1.68. The zero-order chi connectivity index (χ0) is 13.9. The first-order chi connectivity index (χ1) is 9.74. The molecule has 0 spiro atoms. The van der Waals surface area contributed by atoms with Crippen LogP contribution >= 0.6 is 0 Å². The lowest BCUT2D eigenvalue weighted by atomic mass is 10.0. The lowest BCUT2D eigenvalue weighted by Crippen LogP contribution is -2.39. The standard InChI is InChI=1S/C15H18N4O/c1-10-6-7-17-14(10)15(20)19-12-4-2-11(3-5-12)13-8-16-9-18-13/h2-5,8-10,14,17H,6-7H2,1H3,(H,16,18)(H,19,20). The zero-order valence-corrected chi connectivity index (χ0v) is 11.4. The van der Waals surface area contributed by atoms with E-state index in [0.29, 0.717) is 5.92 Å². The van der Waals surface area contributed by atoms with Crippen LogP contribution in [0.3, 0.4) is 0 Å². The van der Waals surface area contributed by atoms with E-state index in [1.54, 1.807) is 12.5 Å². The van der Waals surface area contributed by atoms with Crippen molar-refractivity contribution in [2.45, 2.75) is 19.4 Å². The quantitative estimate of drug-likeness (QED) is 0.799. The first-order valence-electron chi connectivity index (χ1n) is 6.87. The van der Waals surface area contributed by atoms with Crippen molar-refractivity contribution < 1.29 is 4.79 Å². The molecule has 2 atom stereocenters. The Kier molecular flexibility index (Phi) is 3.52. The highest BCUT2D eigenvalue weighted by atomic mass is 16.2. The van der Waals surface area contributed by atoms with E-state index in [9.17, 15) is 4.79 Å². The maximum atomic E-state index is 12.1. The van der Waals surface area contributed by atoms with Crippen molar-refractivity contribution in [1.29, 1.82) is 0 Å². The number of anilines is 1. The Hall–Kier alpha value is -2.14. The van der Waals surface area contributed by atoms with E-state index in [2.05, 4.69) is 27.5 Å². The summed E-state index contributed by atoms with van der Waals surface area (Å²) >= 11 is 0. The zero-order valence-electron chi connectivity index (χ0n) is 11.4. The van der Waals surface area contributed by atoms with Crippen LogP contribution < -0.4 is 10.6 Å². The van der Waals surface area contributed by atoms with Crippen LogP contribution in [0.5, 0.6) is 0 Å². The fourth-order valence-electron chi connectivity index (χ4n) is 2.55. The summed E-state index contributed by atoms with van der Waals surface area (Å²) < 4.78 is 0. The summed E-state index contributed by atoms with van der Waals surface area (Å²) in [6.45, 7) is 3.02. The number of hydrogen-bond acceptors (Lipinski definition) is 3. The van der Waals surface area contributed by atoms with E-state index >= 15 is 0 Å². The Morgan fingerprint density at radius 2 is 2.15 bits per heavy atom. The predicted octanol–water partition coefficient (Wildman–Crippen LogP) is 2.01. The van der Waals surface area contributed by atoms with E-state index in [1.807, 2.05) is 24.3 Å². The van der Waals surface area contributed by atoms with E-state index in [1.165, 1.54) is 0 Å². The molecule has 20 heavy (non-hydrogen) atoms. The van der Waals surface area contributed by atoms with E-state index in [4.69, 9.17) is 0 Å². The van der Waals surface area contributed by atoms with Crippen LogP contribution in [0.15, 0.2) is 36.8 Å². The lowest BCUT2D eigenvalue weighted by Gasteiger charge is -2.15. The van der Waals surface area contributed by atoms with Crippen molar-refractivity contribution in [3.8, 4) is 11.3 Å². The minimum Gasteiger partial charge on any atom is -0.345 e. The highest BCUT2D eigenvalue weighted by Gasteiger charge is 2.29. The van der Waals surface area contributed by atoms with E-state index < -0.39 is 0 Å². The summed E-state index contributed by atoms with van der Waals surface area (Å²) in [7, 11) is 0. The Morgan fingerprint density at radius 1 is 1.35 bits per heavy atom. The van der Waals surface area contributed by atoms with Gasteiger partial charge in [-0.1, -0.05) is 19.1 Å². The molecule has 1 aromatic heterocycles. The van der Waals surface area contributed by atoms with Crippen molar-refractivity contribution in [3.05, 3.63) is 36.8 Å². The molecule has 5 heteroatoms. The summed E-state index contributed by atoms with van der Waals surface area (Å²) in [5.74, 6) is 0.434. The largest absolute Gasteiger partial charge is 0.345 e. The molecule has 0 saturated carbocycles. The van der Waals surface area contributed by atoms with Gasteiger partial charge in [-0.3, -0.25) is 4.79 Å². The number of hydrogen-bond donors (Lipinski definition) is 3. The molecule has 1 fully saturated rings. The minimum atomic E-state index is -0.0812. The fraction of sp³-hybridized carbons (Fsp3) is 0.333. The molecule has 3 rings (SSSR count). The Morgan fingerprint density at radius 3 is 2.75 bits per heavy atom. The minimum absolute atomic E-state index is 0.0456. The van der Waals surface area contributed by atoms with Gasteiger partial charge < -0.3 is 15.6 Å². The number of carbonyl (C=O) groups is 1. The lowest BCUT2D eigenvalue weighted by molar-refractivity contribution is -0.118. The molecule has 104 valence electrons. The number of rotatable bonds is 3. The van der Waals surface area contributed by atoms with Gasteiger partial charge >= 0.3 is 0 Å². The molecule has 1 amide bonds. The monoisotopic (exact) mass is 270 g/mol. The molecule has 0 bridgehead atoms. The summed E-state index contributed by atoms with van der Waals surface area (Å²) in [4.78, 5) is 19.2. The molecular weight excluding hydrogens is 252 g/mol. The molecule has 5 nitrogen and oxygen atoms in total. The number of aromatic amines is 1. The number of amides is 1. The van der Waals surface area contributed by atoms with Gasteiger partial charge in [0.05, 0.1) is 24.3 Å². The summed E-state index contributed by atoms with van der Waals surface area (Å²) in [6.07, 6.45) is 4.48. The molecule has 1 saturated heterocycles. The highest BCUT2D eigenvalue weighted by Crippen LogP contribution is 2.20. The highest BCUT2D eigenvalue weighted by molar-refractivity contribution is 5.95. The number of imidazole rings is 1. The van der Waals surface area contributed by atoms with Gasteiger partial charge in [-0.15, -0.1) is 0 Å². The molecule has 0 radical (unpaired) electrons. The molecule has 3 N–H and O–H groups in total. The first-order valence-corrected chi connectivity index (χ1v) is 6.87. The number of H-pyrrole nitrogens is 1. The summed E-state index contributed by atoms with van der Waals surface area (Å²) in [5, 5.41) is 6.19. The van der Waals surface area contributed by atoms with Crippen LogP contribution in [0.2, 0.25) is 0 Å². The number of nitrogens with zero attached hydrogens (tertiary/aromatic N) is 1. The second kappa shape index (κ2) is 5.46. The Bertz CT molecular complexity index is 576. The third-order valence-corrected chi connectivity index (χ3v) is 3.78. The molecule has 1 aliphatic rings. The van der Waals surface area contributed by atoms with Gasteiger partial charge in [-0.2, -0.15) is 0 Å². The fourth-order valence-corrected chi connectivity index (χ4v) is 2.55. The maximum Gasteiger partial charge on any atom is 0.241 e. The van der Waals surface area contributed by atoms with Gasteiger partial charge in [0.1, 0.15) is 0 Å². The molecule has 0 aliphatic carbocycles. The van der Waals surface area contributed by atoms with E-state index in [0.717, 1.165) is 29.9 Å². The topological polar surface area (TPSA) is 69.8 Å². The number of aromatic nitrogens is 2. The SMILES string of the molecule is CC1CCNC1C(=O)Nc1ccc(-c2cnc[nH]2)cc1. The molecular formula is C15H18N4O. The van der Waals surface area contributed by atoms with Crippen molar-refractivity contribution in [3.63, 3.8) is 0 Å². The van der Waals surface area contributed by atoms with Crippen molar-refractivity contribution in [2.75, 3.05) is 11.9 Å². The Labute approximate surface area is 117 Å². The second-order valence-corrected chi connectivity index (χ2v) is 5.23. The molecule has 2 aromatic rings. The number of nitrogens with one attached hydrogen (secondary N) is 3. The van der Waals surface area contributed by atoms with Crippen LogP contribution in [0.4, 0.5) is 5.69 Å². The smallest absolute Gasteiger partial charge is 0.241 e. The van der Waals surface area contributed by atoms with Gasteiger partial charge in [-0.05, 0) is 36.6 Å². The molecule has 2 unspecified atom stereocenters. The average Bonchev–Trinajstić information content (AvgIpc) is 3.10. The van der Waals surface area contributed by atoms with Crippen LogP contribution in [0.25, 0.3) is 11.3 Å². The third kappa shape index (κ3) is 2.58. The van der Waals surface area contributed by atoms with E-state index in [-0.39, 0.29) is 11.9 Å². The predicted molar refractivity (Wildman–Crippen MR) is 78.2 cm³/mol. The average molecular weight is 270 g/mol. The summed E-state index contributed by atoms with van der Waals surface area (Å²) in [6, 6.07) is 7.67. The number of benzene rings is 1. The summed E-state index contributed by atoms with van der Waals surface area (Å²) in [5.41, 5.74) is 2.83. The maximum absolute atomic E-state index is 12.1. The van der Waals surface area contributed by atoms with Gasteiger partial charge in [0.2, 0.25) is 5.91 Å². The molecule has 1 aromatic carbocycles. The van der Waals surface area contributed by atoms with Crippen molar-refractivity contribution >= 4 is 11.6 Å². The van der Waals surface area contributed by atoms with Crippen LogP contribution in [-0.2, 0) is 4.79 Å².